The maximum absolute atomic E-state index is 4.13. The largest absolute Gasteiger partial charge is 0.170 e. The Morgan fingerprint density at radius 3 is 0.722 bits per heavy atom. The van der Waals surface area contributed by atoms with Gasteiger partial charge >= 0.3 is 0 Å². The number of rotatable bonds is 10. The molecule has 0 spiro atoms. The SMILES string of the molecule is CCc1cc2cc3c(C#CS(C(C)C)(C(C)C)C(C)C)c4cc5cc(CC)c(CC)cc5cc4c(C#CS(C(C)C)(C(C)C)C(C)C)c3cc2cc1CC. The molecule has 5 aromatic rings. The lowest BCUT2D eigenvalue weighted by molar-refractivity contribution is 0.959. The van der Waals surface area contributed by atoms with Crippen LogP contribution < -0.4 is 0 Å². The van der Waals surface area contributed by atoms with Crippen LogP contribution in [0.4, 0.5) is 0 Å². The van der Waals surface area contributed by atoms with Gasteiger partial charge in [-0.2, -0.15) is 20.1 Å². The summed E-state index contributed by atoms with van der Waals surface area (Å²) in [4.78, 5) is 0. The Balaban J connectivity index is 2.11. The van der Waals surface area contributed by atoms with E-state index in [-0.39, 0.29) is 0 Å². The van der Waals surface area contributed by atoms with Gasteiger partial charge in [0.1, 0.15) is 0 Å². The molecule has 5 aromatic carbocycles. The molecule has 54 heavy (non-hydrogen) atoms. The van der Waals surface area contributed by atoms with E-state index in [1.165, 1.54) is 76.5 Å². The van der Waals surface area contributed by atoms with E-state index in [1.807, 2.05) is 0 Å². The Morgan fingerprint density at radius 1 is 0.352 bits per heavy atom. The van der Waals surface area contributed by atoms with Crippen LogP contribution in [-0.2, 0) is 25.7 Å². The molecule has 0 saturated heterocycles. The van der Waals surface area contributed by atoms with E-state index >= 15 is 0 Å². The molecule has 0 aliphatic rings. The molecule has 0 radical (unpaired) electrons. The molecule has 0 atom stereocenters. The minimum absolute atomic E-state index is 0.507. The molecule has 0 aromatic heterocycles. The topological polar surface area (TPSA) is 0 Å². The van der Waals surface area contributed by atoms with Crippen LogP contribution >= 0.6 is 20.1 Å². The molecule has 0 aliphatic heterocycles. The summed E-state index contributed by atoms with van der Waals surface area (Å²) in [6.07, 6.45) is 4.16. The van der Waals surface area contributed by atoms with Gasteiger partial charge in [0.2, 0.25) is 0 Å². The van der Waals surface area contributed by atoms with Crippen LogP contribution in [0.2, 0.25) is 0 Å². The van der Waals surface area contributed by atoms with Gasteiger partial charge in [0.05, 0.1) is 0 Å². The highest BCUT2D eigenvalue weighted by Gasteiger charge is 2.34. The normalized spacial score (nSPS) is 13.3. The summed E-state index contributed by atoms with van der Waals surface area (Å²) >= 11 is 0. The van der Waals surface area contributed by atoms with Gasteiger partial charge < -0.3 is 0 Å². The van der Waals surface area contributed by atoms with Crippen LogP contribution in [0.15, 0.2) is 48.5 Å². The van der Waals surface area contributed by atoms with Gasteiger partial charge in [0.15, 0.2) is 0 Å². The second kappa shape index (κ2) is 16.6. The van der Waals surface area contributed by atoms with Gasteiger partial charge in [0, 0.05) is 11.1 Å². The average Bonchev–Trinajstić information content (AvgIpc) is 3.12. The first-order valence-electron chi connectivity index (χ1n) is 21.1. The van der Waals surface area contributed by atoms with Gasteiger partial charge in [-0.25, -0.2) is 0 Å². The summed E-state index contributed by atoms with van der Waals surface area (Å²) in [5.74, 6) is 8.09. The minimum atomic E-state index is -1.26. The molecule has 0 heterocycles. The van der Waals surface area contributed by atoms with E-state index in [2.05, 4.69) is 182 Å². The number of hydrogen-bond donors (Lipinski definition) is 0. The van der Waals surface area contributed by atoms with E-state index in [0.29, 0.717) is 31.5 Å². The van der Waals surface area contributed by atoms with Crippen molar-refractivity contribution in [3.63, 3.8) is 0 Å². The minimum Gasteiger partial charge on any atom is -0.170 e. The highest BCUT2D eigenvalue weighted by molar-refractivity contribution is 8.39. The van der Waals surface area contributed by atoms with Crippen molar-refractivity contribution in [2.45, 2.75) is 168 Å². The molecule has 290 valence electrons. The molecule has 0 fully saturated rings. The maximum Gasteiger partial charge on any atom is 0.0411 e. The summed E-state index contributed by atoms with van der Waals surface area (Å²) in [6.45, 7) is 38.0. The third kappa shape index (κ3) is 7.21. The lowest BCUT2D eigenvalue weighted by Gasteiger charge is -2.46. The molecule has 0 aliphatic carbocycles. The van der Waals surface area contributed by atoms with Crippen molar-refractivity contribution in [1.82, 2.24) is 0 Å². The second-order valence-electron chi connectivity index (χ2n) is 17.2. The molecule has 0 bridgehead atoms. The van der Waals surface area contributed by atoms with Crippen molar-refractivity contribution in [1.29, 1.82) is 0 Å². The highest BCUT2D eigenvalue weighted by atomic mass is 32.3. The highest BCUT2D eigenvalue weighted by Crippen LogP contribution is 2.60. The van der Waals surface area contributed by atoms with Crippen molar-refractivity contribution in [2.24, 2.45) is 0 Å². The zero-order valence-corrected chi connectivity index (χ0v) is 38.4. The lowest BCUT2D eigenvalue weighted by atomic mass is 9.87. The van der Waals surface area contributed by atoms with E-state index in [9.17, 15) is 0 Å². The van der Waals surface area contributed by atoms with Crippen LogP contribution in [0, 0.1) is 22.3 Å². The van der Waals surface area contributed by atoms with Gasteiger partial charge in [-0.05, 0) is 157 Å². The quantitative estimate of drug-likeness (QED) is 0.0983. The second-order valence-corrected chi connectivity index (χ2v) is 26.3. The maximum atomic E-state index is 4.13. The van der Waals surface area contributed by atoms with Crippen molar-refractivity contribution >= 4 is 63.1 Å². The lowest BCUT2D eigenvalue weighted by Crippen LogP contribution is -2.27. The predicted octanol–water partition coefficient (Wildman–Crippen LogP) is 15.2. The Kier molecular flexibility index (Phi) is 12.9. The fourth-order valence-corrected chi connectivity index (χ4v) is 18.3. The van der Waals surface area contributed by atoms with Crippen molar-refractivity contribution in [3.8, 4) is 22.3 Å². The summed E-state index contributed by atoms with van der Waals surface area (Å²) in [6, 6.07) is 19.7. The summed E-state index contributed by atoms with van der Waals surface area (Å²) in [5.41, 5.74) is 8.15. The van der Waals surface area contributed by atoms with Crippen LogP contribution in [-0.4, -0.2) is 31.5 Å². The third-order valence-corrected chi connectivity index (χ3v) is 22.8. The first-order chi connectivity index (χ1) is 25.5. The molecule has 0 unspecified atom stereocenters. The van der Waals surface area contributed by atoms with E-state index in [1.54, 1.807) is 0 Å². The first-order valence-corrected chi connectivity index (χ1v) is 24.8. The number of hydrogen-bond acceptors (Lipinski definition) is 0. The van der Waals surface area contributed by atoms with Gasteiger partial charge in [-0.15, -0.1) is 0 Å². The van der Waals surface area contributed by atoms with Crippen molar-refractivity contribution in [3.05, 3.63) is 81.9 Å². The number of aryl methyl sites for hydroxylation is 4. The monoisotopic (exact) mass is 758 g/mol. The predicted molar refractivity (Wildman–Crippen MR) is 254 cm³/mol. The van der Waals surface area contributed by atoms with E-state index in [4.69, 9.17) is 0 Å². The van der Waals surface area contributed by atoms with Crippen LogP contribution in [0.5, 0.6) is 0 Å². The molecule has 0 saturated carbocycles. The summed E-state index contributed by atoms with van der Waals surface area (Å²) in [5, 5.41) is 21.5. The first kappa shape index (κ1) is 42.1. The number of fused-ring (bicyclic) bond motifs is 4. The van der Waals surface area contributed by atoms with Crippen LogP contribution in [0.3, 0.4) is 0 Å². The smallest absolute Gasteiger partial charge is 0.0411 e. The zero-order chi connectivity index (χ0) is 39.9. The number of benzene rings is 5. The van der Waals surface area contributed by atoms with E-state index < -0.39 is 20.1 Å². The van der Waals surface area contributed by atoms with Crippen molar-refractivity contribution in [2.75, 3.05) is 0 Å². The van der Waals surface area contributed by atoms with Crippen molar-refractivity contribution < 1.29 is 0 Å². The molecule has 0 N–H and O–H groups in total. The fourth-order valence-electron chi connectivity index (χ4n) is 9.84. The molecule has 0 nitrogen and oxygen atoms in total. The van der Waals surface area contributed by atoms with E-state index in [0.717, 1.165) is 25.7 Å². The molecular formula is C52H70S2. The standard InChI is InChI=1S/C52H70S2/c1-17-39-25-43-29-49-47(21-23-53(33(5)6,34(7)8)35(9)10)51-31-45-27-41(19-3)42(20-4)28-46(45)32-52(51)48(50(49)30-44(43)26-40(39)18-2)22-24-54(36(11)12,37(13)14)38(15)16/h25-38H,17-20H2,1-16H3. The van der Waals surface area contributed by atoms with Crippen LogP contribution in [0.1, 0.15) is 144 Å². The Hall–Kier alpha value is -3.04. The summed E-state index contributed by atoms with van der Waals surface area (Å²) in [7, 11) is -2.52. The van der Waals surface area contributed by atoms with Gasteiger partial charge in [-0.1, -0.05) is 147 Å². The molecule has 0 amide bonds. The molecular weight excluding hydrogens is 689 g/mol. The average molecular weight is 759 g/mol. The van der Waals surface area contributed by atoms with Gasteiger partial charge in [-0.3, -0.25) is 0 Å². The van der Waals surface area contributed by atoms with Crippen LogP contribution in [0.25, 0.3) is 43.1 Å². The summed E-state index contributed by atoms with van der Waals surface area (Å²) < 4.78 is 0. The Morgan fingerprint density at radius 2 is 0.556 bits per heavy atom. The fraction of sp³-hybridized carbons (Fsp3) is 0.500. The molecule has 5 rings (SSSR count). The Bertz CT molecular complexity index is 1990. The van der Waals surface area contributed by atoms with Gasteiger partial charge in [0.25, 0.3) is 0 Å². The molecule has 2 heteroatoms. The third-order valence-electron chi connectivity index (χ3n) is 12.6. The Labute approximate surface area is 333 Å². The zero-order valence-electron chi connectivity index (χ0n) is 36.7.